The van der Waals surface area contributed by atoms with Gasteiger partial charge in [0, 0.05) is 0 Å². The van der Waals surface area contributed by atoms with E-state index in [1.165, 1.54) is 0 Å². The van der Waals surface area contributed by atoms with E-state index in [9.17, 15) is 4.79 Å². The SMILES string of the molecule is N=NC(=O)[C]=O. The molecule has 4 heteroatoms. The number of hydrogen-bond donors (Lipinski definition) is 1. The van der Waals surface area contributed by atoms with Crippen LogP contribution in [0.25, 0.3) is 0 Å². The van der Waals surface area contributed by atoms with Crippen molar-refractivity contribution in [1.82, 2.24) is 0 Å². The monoisotopic (exact) mass is 85.0 g/mol. The molecule has 0 heterocycles. The number of hydrogen-bond acceptors (Lipinski definition) is 3. The molecule has 0 rings (SSSR count). The lowest BCUT2D eigenvalue weighted by Crippen LogP contribution is -1.88. The first kappa shape index (κ1) is 4.94. The highest BCUT2D eigenvalue weighted by Crippen LogP contribution is 1.59. The molecule has 0 unspecified atom stereocenters. The summed E-state index contributed by atoms with van der Waals surface area (Å²) in [5, 5.41) is 2.19. The molecule has 0 spiro atoms. The van der Waals surface area contributed by atoms with Crippen LogP contribution < -0.4 is 0 Å². The maximum Gasteiger partial charge on any atom is 0.339 e. The summed E-state index contributed by atoms with van der Waals surface area (Å²) in [5.41, 5.74) is 5.82. The molecular formula is C2HN2O2. The lowest BCUT2D eigenvalue weighted by Gasteiger charge is -1.59. The topological polar surface area (TPSA) is 70.3 Å². The number of nitrogens with zero attached hydrogens (tertiary/aromatic N) is 1. The fourth-order valence-corrected chi connectivity index (χ4v) is 0.0228. The molecule has 1 N–H and O–H groups in total. The zero-order valence-corrected chi connectivity index (χ0v) is 2.76. The zero-order valence-electron chi connectivity index (χ0n) is 2.76. The van der Waals surface area contributed by atoms with Gasteiger partial charge in [-0.05, 0) is 0 Å². The Hall–Kier alpha value is -1.06. The summed E-state index contributed by atoms with van der Waals surface area (Å²) in [7, 11) is 0. The van der Waals surface area contributed by atoms with Crippen LogP contribution >= 0.6 is 0 Å². The third kappa shape index (κ3) is 1.28. The van der Waals surface area contributed by atoms with Crippen LogP contribution in [0.4, 0.5) is 0 Å². The molecule has 0 bridgehead atoms. The smallest absolute Gasteiger partial charge is 0.279 e. The highest BCUT2D eigenvalue weighted by atomic mass is 16.2. The van der Waals surface area contributed by atoms with Gasteiger partial charge in [-0.25, -0.2) is 5.53 Å². The quantitative estimate of drug-likeness (QED) is 0.349. The van der Waals surface area contributed by atoms with Crippen molar-refractivity contribution in [3.8, 4) is 0 Å². The van der Waals surface area contributed by atoms with Gasteiger partial charge in [0.1, 0.15) is 0 Å². The van der Waals surface area contributed by atoms with E-state index in [-0.39, 0.29) is 0 Å². The molecule has 6 heavy (non-hydrogen) atoms. The van der Waals surface area contributed by atoms with E-state index >= 15 is 0 Å². The summed E-state index contributed by atoms with van der Waals surface area (Å²) in [5.74, 6) is -1.17. The number of nitrogens with one attached hydrogen (secondary N) is 1. The number of carbonyl (C=O) groups excluding carboxylic acids is 2. The van der Waals surface area contributed by atoms with E-state index in [2.05, 4.69) is 5.11 Å². The van der Waals surface area contributed by atoms with Crippen LogP contribution in [-0.4, -0.2) is 12.2 Å². The lowest BCUT2D eigenvalue weighted by molar-refractivity contribution is -0.112. The van der Waals surface area contributed by atoms with Crippen molar-refractivity contribution in [1.29, 1.82) is 5.53 Å². The fourth-order valence-electron chi connectivity index (χ4n) is 0.0228. The highest BCUT2D eigenvalue weighted by Gasteiger charge is 1.88. The summed E-state index contributed by atoms with van der Waals surface area (Å²) in [4.78, 5) is 18.5. The molecule has 0 aromatic heterocycles. The Balaban J connectivity index is 3.52. The second-order valence-corrected chi connectivity index (χ2v) is 0.519. The first-order valence-corrected chi connectivity index (χ1v) is 1.11. The predicted octanol–water partition coefficient (Wildman–Crippen LogP) is -0.346. The molecule has 4 nitrogen and oxygen atoms in total. The number of carbonyl (C=O) groups is 1. The summed E-state index contributed by atoms with van der Waals surface area (Å²) in [6, 6.07) is 0. The van der Waals surface area contributed by atoms with Gasteiger partial charge in [0.15, 0.2) is 0 Å². The van der Waals surface area contributed by atoms with Crippen LogP contribution in [0, 0.1) is 5.53 Å². The number of rotatable bonds is 1. The van der Waals surface area contributed by atoms with Crippen LogP contribution in [0.15, 0.2) is 5.11 Å². The van der Waals surface area contributed by atoms with Crippen LogP contribution in [0.3, 0.4) is 0 Å². The first-order chi connectivity index (χ1) is 2.81. The van der Waals surface area contributed by atoms with Gasteiger partial charge in [0.05, 0.1) is 0 Å². The Kier molecular flexibility index (Phi) is 1.81. The molecule has 0 aromatic rings. The normalized spacial score (nSPS) is 6.67. The molecule has 0 aliphatic carbocycles. The van der Waals surface area contributed by atoms with Crippen molar-refractivity contribution in [2.75, 3.05) is 0 Å². The minimum absolute atomic E-state index is 0.872. The summed E-state index contributed by atoms with van der Waals surface area (Å²) in [6.07, 6.45) is 0.872. The molecule has 1 amide bonds. The van der Waals surface area contributed by atoms with Crippen LogP contribution in [0.2, 0.25) is 0 Å². The Bertz CT molecular complexity index is 77.5. The zero-order chi connectivity index (χ0) is 4.99. The summed E-state index contributed by atoms with van der Waals surface area (Å²) < 4.78 is 0. The van der Waals surface area contributed by atoms with Crippen molar-refractivity contribution in [3.05, 3.63) is 0 Å². The maximum atomic E-state index is 9.40. The molecule has 0 aliphatic rings. The molecule has 0 saturated heterocycles. The molecular weight excluding hydrogens is 84.0 g/mol. The number of amides is 1. The molecule has 0 fully saturated rings. The van der Waals surface area contributed by atoms with Crippen molar-refractivity contribution >= 4 is 12.2 Å². The van der Waals surface area contributed by atoms with Crippen LogP contribution in [-0.2, 0) is 9.59 Å². The first-order valence-electron chi connectivity index (χ1n) is 1.11. The van der Waals surface area contributed by atoms with E-state index < -0.39 is 5.91 Å². The Labute approximate surface area is 33.7 Å². The van der Waals surface area contributed by atoms with Crippen molar-refractivity contribution in [2.24, 2.45) is 5.11 Å². The van der Waals surface area contributed by atoms with Gasteiger partial charge in [0.2, 0.25) is 0 Å². The van der Waals surface area contributed by atoms with E-state index in [0.717, 1.165) is 6.29 Å². The van der Waals surface area contributed by atoms with Gasteiger partial charge in [-0.15, -0.1) is 5.11 Å². The molecule has 0 atom stereocenters. The maximum absolute atomic E-state index is 9.40. The molecule has 31 valence electrons. The van der Waals surface area contributed by atoms with E-state index in [1.54, 1.807) is 0 Å². The second kappa shape index (κ2) is 2.19. The third-order valence-electron chi connectivity index (χ3n) is 0.189. The van der Waals surface area contributed by atoms with Gasteiger partial charge in [-0.2, -0.15) is 0 Å². The van der Waals surface area contributed by atoms with Gasteiger partial charge < -0.3 is 0 Å². The van der Waals surface area contributed by atoms with Gasteiger partial charge >= 0.3 is 5.91 Å². The van der Waals surface area contributed by atoms with E-state index in [4.69, 9.17) is 10.3 Å². The second-order valence-electron chi connectivity index (χ2n) is 0.519. The Morgan fingerprint density at radius 3 is 2.33 bits per heavy atom. The minimum atomic E-state index is -1.17. The predicted molar refractivity (Wildman–Crippen MR) is 15.8 cm³/mol. The van der Waals surface area contributed by atoms with Crippen LogP contribution in [0.1, 0.15) is 0 Å². The Morgan fingerprint density at radius 1 is 1.83 bits per heavy atom. The van der Waals surface area contributed by atoms with E-state index in [0.29, 0.717) is 0 Å². The molecule has 0 saturated carbocycles. The fraction of sp³-hybridized carbons (Fsp3) is 0. The lowest BCUT2D eigenvalue weighted by atomic mass is 10.7. The van der Waals surface area contributed by atoms with Gasteiger partial charge in [-0.1, -0.05) is 0 Å². The van der Waals surface area contributed by atoms with E-state index in [1.807, 2.05) is 0 Å². The van der Waals surface area contributed by atoms with Crippen molar-refractivity contribution in [3.63, 3.8) is 0 Å². The summed E-state index contributed by atoms with van der Waals surface area (Å²) >= 11 is 0. The summed E-state index contributed by atoms with van der Waals surface area (Å²) in [6.45, 7) is 0. The average molecular weight is 85.0 g/mol. The van der Waals surface area contributed by atoms with Crippen molar-refractivity contribution < 1.29 is 9.59 Å². The molecule has 0 aliphatic heterocycles. The third-order valence-corrected chi connectivity index (χ3v) is 0.189. The van der Waals surface area contributed by atoms with Crippen molar-refractivity contribution in [2.45, 2.75) is 0 Å². The molecule has 0 aromatic carbocycles. The van der Waals surface area contributed by atoms with Crippen LogP contribution in [0.5, 0.6) is 0 Å². The standard InChI is InChI=1S/C2HN2O2/c3-4-2(6)1-5/h3H. The van der Waals surface area contributed by atoms with Gasteiger partial charge in [-0.3, -0.25) is 9.59 Å². The molecule has 1 radical (unpaired) electrons. The largest absolute Gasteiger partial charge is 0.339 e. The Morgan fingerprint density at radius 2 is 2.33 bits per heavy atom. The van der Waals surface area contributed by atoms with Gasteiger partial charge in [0.25, 0.3) is 6.29 Å². The highest BCUT2D eigenvalue weighted by molar-refractivity contribution is 6.24. The average Bonchev–Trinajstić information content (AvgIpc) is 1.65. The minimum Gasteiger partial charge on any atom is -0.279 e.